The van der Waals surface area contributed by atoms with Crippen molar-refractivity contribution < 1.29 is 4.74 Å². The van der Waals surface area contributed by atoms with Crippen LogP contribution in [-0.2, 0) is 6.42 Å². The summed E-state index contributed by atoms with van der Waals surface area (Å²) in [6, 6.07) is 8.23. The lowest BCUT2D eigenvalue weighted by atomic mass is 9.95. The lowest BCUT2D eigenvalue weighted by Crippen LogP contribution is -2.34. The number of alkyl halides is 1. The van der Waals surface area contributed by atoms with Crippen molar-refractivity contribution in [2.45, 2.75) is 37.7 Å². The molecule has 1 aromatic carbocycles. The molecule has 2 rings (SSSR count). The zero-order valence-corrected chi connectivity index (χ0v) is 9.13. The molecular formula is C12H15ClO. The van der Waals surface area contributed by atoms with Crippen molar-refractivity contribution in [2.24, 2.45) is 0 Å². The van der Waals surface area contributed by atoms with Gasteiger partial charge < -0.3 is 4.74 Å². The summed E-state index contributed by atoms with van der Waals surface area (Å²) in [4.78, 5) is 0. The van der Waals surface area contributed by atoms with E-state index >= 15 is 0 Å². The summed E-state index contributed by atoms with van der Waals surface area (Å²) in [5.74, 6) is 1.03. The van der Waals surface area contributed by atoms with Gasteiger partial charge in [-0.3, -0.25) is 0 Å². The van der Waals surface area contributed by atoms with Crippen LogP contribution in [0.25, 0.3) is 0 Å². The molecule has 1 aromatic rings. The first-order chi connectivity index (χ1) is 6.79. The summed E-state index contributed by atoms with van der Waals surface area (Å²) in [7, 11) is 0. The van der Waals surface area contributed by atoms with E-state index in [1.165, 1.54) is 5.56 Å². The van der Waals surface area contributed by atoms with E-state index < -0.39 is 0 Å². The molecule has 0 aromatic heterocycles. The van der Waals surface area contributed by atoms with Gasteiger partial charge >= 0.3 is 0 Å². The molecule has 0 saturated heterocycles. The second-order valence-corrected chi connectivity index (χ2v) is 4.39. The van der Waals surface area contributed by atoms with Crippen molar-refractivity contribution in [1.82, 2.24) is 0 Å². The molecule has 0 radical (unpaired) electrons. The van der Waals surface area contributed by atoms with Gasteiger partial charge in [0.1, 0.15) is 11.9 Å². The molecule has 0 heterocycles. The van der Waals surface area contributed by atoms with Crippen molar-refractivity contribution in [1.29, 1.82) is 0 Å². The van der Waals surface area contributed by atoms with Crippen molar-refractivity contribution in [2.75, 3.05) is 0 Å². The van der Waals surface area contributed by atoms with Crippen LogP contribution in [0.15, 0.2) is 24.3 Å². The number of para-hydroxylation sites is 1. The number of hydrogen-bond acceptors (Lipinski definition) is 1. The second kappa shape index (κ2) is 4.22. The topological polar surface area (TPSA) is 9.23 Å². The molecule has 1 fully saturated rings. The molecule has 1 aliphatic rings. The molecule has 76 valence electrons. The lowest BCUT2D eigenvalue weighted by Gasteiger charge is -2.31. The predicted molar refractivity (Wildman–Crippen MR) is 59.1 cm³/mol. The summed E-state index contributed by atoms with van der Waals surface area (Å²) in [5, 5.41) is 0.328. The first-order valence-corrected chi connectivity index (χ1v) is 5.62. The van der Waals surface area contributed by atoms with E-state index in [1.54, 1.807) is 0 Å². The second-order valence-electron chi connectivity index (χ2n) is 3.77. The van der Waals surface area contributed by atoms with Gasteiger partial charge in [-0.05, 0) is 18.1 Å². The molecule has 1 nitrogen and oxygen atoms in total. The summed E-state index contributed by atoms with van der Waals surface area (Å²) >= 11 is 5.90. The molecule has 0 atom stereocenters. The van der Waals surface area contributed by atoms with Gasteiger partial charge in [0.05, 0.1) is 0 Å². The van der Waals surface area contributed by atoms with Gasteiger partial charge in [-0.2, -0.15) is 0 Å². The van der Waals surface area contributed by atoms with Gasteiger partial charge in [0.25, 0.3) is 0 Å². The molecule has 0 N–H and O–H groups in total. The Morgan fingerprint density at radius 2 is 2.07 bits per heavy atom. The van der Waals surface area contributed by atoms with Crippen LogP contribution in [0.3, 0.4) is 0 Å². The standard InChI is InChI=1S/C12H15ClO/c1-2-9-5-3-4-6-12(9)14-11-7-10(13)8-11/h3-6,10-11H,2,7-8H2,1H3. The van der Waals surface area contributed by atoms with Crippen LogP contribution in [0.4, 0.5) is 0 Å². The van der Waals surface area contributed by atoms with Crippen LogP contribution in [-0.4, -0.2) is 11.5 Å². The first-order valence-electron chi connectivity index (χ1n) is 5.18. The highest BCUT2D eigenvalue weighted by atomic mass is 35.5. The molecule has 2 heteroatoms. The fourth-order valence-electron chi connectivity index (χ4n) is 1.69. The summed E-state index contributed by atoms with van der Waals surface area (Å²) < 4.78 is 5.86. The third-order valence-electron chi connectivity index (χ3n) is 2.68. The SMILES string of the molecule is CCc1ccccc1OC1CC(Cl)C1. The third kappa shape index (κ3) is 2.03. The minimum atomic E-state index is 0.328. The summed E-state index contributed by atoms with van der Waals surface area (Å²) in [6.07, 6.45) is 3.33. The maximum absolute atomic E-state index is 5.90. The minimum absolute atomic E-state index is 0.328. The number of hydrogen-bond donors (Lipinski definition) is 0. The van der Waals surface area contributed by atoms with E-state index in [-0.39, 0.29) is 0 Å². The Kier molecular flexibility index (Phi) is 2.97. The molecule has 0 aliphatic heterocycles. The number of benzene rings is 1. The number of rotatable bonds is 3. The Morgan fingerprint density at radius 1 is 1.36 bits per heavy atom. The van der Waals surface area contributed by atoms with Crippen molar-refractivity contribution in [3.63, 3.8) is 0 Å². The third-order valence-corrected chi connectivity index (χ3v) is 3.04. The van der Waals surface area contributed by atoms with Gasteiger partial charge in [0, 0.05) is 18.2 Å². The van der Waals surface area contributed by atoms with E-state index in [2.05, 4.69) is 19.1 Å². The van der Waals surface area contributed by atoms with Gasteiger partial charge in [-0.1, -0.05) is 25.1 Å². The smallest absolute Gasteiger partial charge is 0.122 e. The van der Waals surface area contributed by atoms with Crippen molar-refractivity contribution in [3.8, 4) is 5.75 Å². The Hall–Kier alpha value is -0.690. The lowest BCUT2D eigenvalue weighted by molar-refractivity contribution is 0.123. The van der Waals surface area contributed by atoms with E-state index in [9.17, 15) is 0 Å². The number of aryl methyl sites for hydroxylation is 1. The predicted octanol–water partition coefficient (Wildman–Crippen LogP) is 3.40. The van der Waals surface area contributed by atoms with Crippen LogP contribution in [0.1, 0.15) is 25.3 Å². The average Bonchev–Trinajstić information content (AvgIpc) is 2.16. The highest BCUT2D eigenvalue weighted by molar-refractivity contribution is 6.21. The van der Waals surface area contributed by atoms with Crippen LogP contribution in [0.5, 0.6) is 5.75 Å². The van der Waals surface area contributed by atoms with Gasteiger partial charge in [0.2, 0.25) is 0 Å². The Bertz CT molecular complexity index is 305. The van der Waals surface area contributed by atoms with Gasteiger partial charge in [-0.25, -0.2) is 0 Å². The zero-order valence-electron chi connectivity index (χ0n) is 8.37. The molecule has 14 heavy (non-hydrogen) atoms. The monoisotopic (exact) mass is 210 g/mol. The maximum Gasteiger partial charge on any atom is 0.122 e. The maximum atomic E-state index is 5.90. The van der Waals surface area contributed by atoms with Gasteiger partial charge in [0.15, 0.2) is 0 Å². The number of halogens is 1. The van der Waals surface area contributed by atoms with Crippen LogP contribution >= 0.6 is 11.6 Å². The van der Waals surface area contributed by atoms with Crippen LogP contribution in [0, 0.1) is 0 Å². The quantitative estimate of drug-likeness (QED) is 0.695. The van der Waals surface area contributed by atoms with Crippen LogP contribution < -0.4 is 4.74 Å². The molecule has 0 unspecified atom stereocenters. The summed E-state index contributed by atoms with van der Waals surface area (Å²) in [5.41, 5.74) is 1.28. The van der Waals surface area contributed by atoms with E-state index in [1.807, 2.05) is 12.1 Å². The van der Waals surface area contributed by atoms with Crippen molar-refractivity contribution >= 4 is 11.6 Å². The highest BCUT2D eigenvalue weighted by Gasteiger charge is 2.29. The summed E-state index contributed by atoms with van der Waals surface area (Å²) in [6.45, 7) is 2.15. The van der Waals surface area contributed by atoms with Crippen LogP contribution in [0.2, 0.25) is 0 Å². The molecule has 0 bridgehead atoms. The largest absolute Gasteiger partial charge is 0.490 e. The fraction of sp³-hybridized carbons (Fsp3) is 0.500. The molecule has 1 saturated carbocycles. The van der Waals surface area contributed by atoms with E-state index in [4.69, 9.17) is 16.3 Å². The molecule has 0 amide bonds. The fourth-order valence-corrected chi connectivity index (χ4v) is 2.09. The minimum Gasteiger partial charge on any atom is -0.490 e. The number of ether oxygens (including phenoxy) is 1. The highest BCUT2D eigenvalue weighted by Crippen LogP contribution is 2.31. The Labute approximate surface area is 90.0 Å². The first kappa shape index (κ1) is 9.85. The van der Waals surface area contributed by atoms with Crippen molar-refractivity contribution in [3.05, 3.63) is 29.8 Å². The van der Waals surface area contributed by atoms with E-state index in [0.717, 1.165) is 25.0 Å². The van der Waals surface area contributed by atoms with Gasteiger partial charge in [-0.15, -0.1) is 11.6 Å². The Morgan fingerprint density at radius 3 is 2.71 bits per heavy atom. The molecule has 1 aliphatic carbocycles. The zero-order chi connectivity index (χ0) is 9.97. The molecular weight excluding hydrogens is 196 g/mol. The normalized spacial score (nSPS) is 25.6. The Balaban J connectivity index is 2.01. The van der Waals surface area contributed by atoms with E-state index in [0.29, 0.717) is 11.5 Å². The average molecular weight is 211 g/mol. The molecule has 0 spiro atoms.